The summed E-state index contributed by atoms with van der Waals surface area (Å²) in [5, 5.41) is 6.99. The predicted molar refractivity (Wildman–Crippen MR) is 94.4 cm³/mol. The molecule has 1 saturated carbocycles. The van der Waals surface area contributed by atoms with Crippen LogP contribution < -0.4 is 0 Å². The number of hydrogen-bond acceptors (Lipinski definition) is 5. The summed E-state index contributed by atoms with van der Waals surface area (Å²) in [7, 11) is -3.06. The SMILES string of the molecule is O=C(O)C(F)(F)F.O=C(c1cccnc1)N1CCC2(C1)CN(S(=O)(=O)C1CC1)C2. The van der Waals surface area contributed by atoms with Crippen LogP contribution in [-0.2, 0) is 14.8 Å². The smallest absolute Gasteiger partial charge is 0.475 e. The fourth-order valence-electron chi connectivity index (χ4n) is 3.50. The second-order valence-corrected chi connectivity index (χ2v) is 9.75. The van der Waals surface area contributed by atoms with E-state index in [4.69, 9.17) is 9.90 Å². The van der Waals surface area contributed by atoms with Gasteiger partial charge in [0.05, 0.1) is 10.8 Å². The average molecular weight is 435 g/mol. The number of pyridine rings is 1. The fraction of sp³-hybridized carbons (Fsp3) is 0.588. The van der Waals surface area contributed by atoms with Crippen molar-refractivity contribution in [3.05, 3.63) is 30.1 Å². The van der Waals surface area contributed by atoms with Gasteiger partial charge in [-0.25, -0.2) is 17.5 Å². The Kier molecular flexibility index (Phi) is 5.60. The van der Waals surface area contributed by atoms with E-state index in [9.17, 15) is 26.4 Å². The zero-order chi connectivity index (χ0) is 21.4. The van der Waals surface area contributed by atoms with E-state index in [0.717, 1.165) is 19.3 Å². The van der Waals surface area contributed by atoms with E-state index in [2.05, 4.69) is 4.98 Å². The molecule has 3 fully saturated rings. The molecular formula is C17H20F3N3O5S. The van der Waals surface area contributed by atoms with Crippen LogP contribution in [0.5, 0.6) is 0 Å². The first-order valence-electron chi connectivity index (χ1n) is 8.93. The van der Waals surface area contributed by atoms with Gasteiger partial charge in [0.2, 0.25) is 10.0 Å². The number of carboxylic acids is 1. The maximum Gasteiger partial charge on any atom is 0.490 e. The van der Waals surface area contributed by atoms with E-state index in [1.165, 1.54) is 0 Å². The summed E-state index contributed by atoms with van der Waals surface area (Å²) >= 11 is 0. The van der Waals surface area contributed by atoms with E-state index in [-0.39, 0.29) is 16.6 Å². The maximum absolute atomic E-state index is 12.4. The minimum Gasteiger partial charge on any atom is -0.475 e. The van der Waals surface area contributed by atoms with Crippen molar-refractivity contribution in [2.45, 2.75) is 30.7 Å². The van der Waals surface area contributed by atoms with Crippen molar-refractivity contribution < 1.29 is 36.3 Å². The minimum atomic E-state index is -5.08. The van der Waals surface area contributed by atoms with Gasteiger partial charge in [0, 0.05) is 44.0 Å². The van der Waals surface area contributed by atoms with Crippen molar-refractivity contribution in [3.8, 4) is 0 Å². The van der Waals surface area contributed by atoms with Gasteiger partial charge in [0.15, 0.2) is 0 Å². The Balaban J connectivity index is 0.000000298. The highest BCUT2D eigenvalue weighted by Crippen LogP contribution is 2.44. The summed E-state index contributed by atoms with van der Waals surface area (Å²) in [6.45, 7) is 2.49. The Bertz CT molecular complexity index is 881. The van der Waals surface area contributed by atoms with Crippen LogP contribution in [0.4, 0.5) is 13.2 Å². The van der Waals surface area contributed by atoms with Crippen LogP contribution in [0.25, 0.3) is 0 Å². The molecular weight excluding hydrogens is 415 g/mol. The maximum atomic E-state index is 12.4. The topological polar surface area (TPSA) is 108 Å². The number of aromatic nitrogens is 1. The fourth-order valence-corrected chi connectivity index (χ4v) is 5.56. The molecule has 12 heteroatoms. The van der Waals surface area contributed by atoms with Gasteiger partial charge < -0.3 is 10.0 Å². The second kappa shape index (κ2) is 7.56. The van der Waals surface area contributed by atoms with Gasteiger partial charge in [-0.2, -0.15) is 13.2 Å². The molecule has 0 aromatic carbocycles. The van der Waals surface area contributed by atoms with E-state index in [1.54, 1.807) is 28.8 Å². The monoisotopic (exact) mass is 435 g/mol. The van der Waals surface area contributed by atoms with Crippen molar-refractivity contribution in [2.75, 3.05) is 26.2 Å². The van der Waals surface area contributed by atoms with Gasteiger partial charge in [0.25, 0.3) is 5.91 Å². The summed E-state index contributed by atoms with van der Waals surface area (Å²) in [4.78, 5) is 27.1. The first-order valence-corrected chi connectivity index (χ1v) is 10.4. The number of likely N-dealkylation sites (tertiary alicyclic amines) is 1. The second-order valence-electron chi connectivity index (χ2n) is 7.53. The lowest BCUT2D eigenvalue weighted by Crippen LogP contribution is -2.60. The molecule has 0 bridgehead atoms. The highest BCUT2D eigenvalue weighted by Gasteiger charge is 2.55. The third kappa shape index (κ3) is 4.69. The summed E-state index contributed by atoms with van der Waals surface area (Å²) in [5.41, 5.74) is 0.571. The highest BCUT2D eigenvalue weighted by atomic mass is 32.2. The quantitative estimate of drug-likeness (QED) is 0.768. The van der Waals surface area contributed by atoms with Crippen LogP contribution in [0.1, 0.15) is 29.6 Å². The first kappa shape index (κ1) is 21.5. The number of aliphatic carboxylic acids is 1. The molecule has 0 unspecified atom stereocenters. The largest absolute Gasteiger partial charge is 0.490 e. The minimum absolute atomic E-state index is 0.00604. The number of carboxylic acid groups (broad SMARTS) is 1. The third-order valence-electron chi connectivity index (χ3n) is 5.21. The number of hydrogen-bond donors (Lipinski definition) is 1. The molecule has 4 rings (SSSR count). The molecule has 1 aromatic rings. The number of halogens is 3. The molecule has 1 amide bonds. The Morgan fingerprint density at radius 3 is 2.31 bits per heavy atom. The van der Waals surface area contributed by atoms with Crippen LogP contribution in [0.15, 0.2) is 24.5 Å². The van der Waals surface area contributed by atoms with Crippen molar-refractivity contribution in [1.82, 2.24) is 14.2 Å². The number of sulfonamides is 1. The molecule has 0 atom stereocenters. The standard InChI is InChI=1S/C15H19N3O3S.C2HF3O2/c19-14(12-2-1-6-16-8-12)17-7-5-15(9-17)10-18(11-15)22(20,21)13-3-4-13;3-2(4,5)1(6)7/h1-2,6,8,13H,3-5,7,9-11H2;(H,6,7). The Morgan fingerprint density at radius 1 is 1.21 bits per heavy atom. The van der Waals surface area contributed by atoms with Crippen LogP contribution in [0.2, 0.25) is 0 Å². The summed E-state index contributed by atoms with van der Waals surface area (Å²) in [5.74, 6) is -2.76. The van der Waals surface area contributed by atoms with Gasteiger partial charge in [0.1, 0.15) is 0 Å². The van der Waals surface area contributed by atoms with E-state index >= 15 is 0 Å². The number of carbonyl (C=O) groups excluding carboxylic acids is 1. The lowest BCUT2D eigenvalue weighted by molar-refractivity contribution is -0.192. The Labute approximate surface area is 165 Å². The first-order chi connectivity index (χ1) is 13.4. The number of rotatable bonds is 3. The molecule has 0 radical (unpaired) electrons. The van der Waals surface area contributed by atoms with E-state index in [0.29, 0.717) is 31.7 Å². The van der Waals surface area contributed by atoms with E-state index < -0.39 is 22.2 Å². The average Bonchev–Trinajstić information content (AvgIpc) is 3.39. The molecule has 8 nitrogen and oxygen atoms in total. The van der Waals surface area contributed by atoms with Gasteiger partial charge in [-0.1, -0.05) is 0 Å². The van der Waals surface area contributed by atoms with Gasteiger partial charge >= 0.3 is 12.1 Å². The lowest BCUT2D eigenvalue weighted by atomic mass is 9.81. The molecule has 1 spiro atoms. The van der Waals surface area contributed by atoms with Crippen molar-refractivity contribution in [1.29, 1.82) is 0 Å². The van der Waals surface area contributed by atoms with Gasteiger partial charge in [-0.15, -0.1) is 0 Å². The molecule has 29 heavy (non-hydrogen) atoms. The molecule has 1 aliphatic carbocycles. The molecule has 3 aliphatic rings. The predicted octanol–water partition coefficient (Wildman–Crippen LogP) is 1.36. The number of amides is 1. The highest BCUT2D eigenvalue weighted by molar-refractivity contribution is 7.90. The summed E-state index contributed by atoms with van der Waals surface area (Å²) in [6, 6.07) is 3.53. The van der Waals surface area contributed by atoms with Crippen molar-refractivity contribution >= 4 is 21.9 Å². The molecule has 1 N–H and O–H groups in total. The van der Waals surface area contributed by atoms with Crippen LogP contribution in [-0.4, -0.2) is 77.2 Å². The zero-order valence-electron chi connectivity index (χ0n) is 15.3. The molecule has 160 valence electrons. The number of alkyl halides is 3. The normalized spacial score (nSPS) is 21.3. The van der Waals surface area contributed by atoms with Crippen LogP contribution in [0, 0.1) is 5.41 Å². The van der Waals surface area contributed by atoms with Crippen LogP contribution in [0.3, 0.4) is 0 Å². The third-order valence-corrected chi connectivity index (χ3v) is 7.50. The Morgan fingerprint density at radius 2 is 1.83 bits per heavy atom. The summed E-state index contributed by atoms with van der Waals surface area (Å²) in [6.07, 6.45) is 0.636. The van der Waals surface area contributed by atoms with Gasteiger partial charge in [-0.05, 0) is 31.4 Å². The van der Waals surface area contributed by atoms with E-state index in [1.807, 2.05) is 4.90 Å². The molecule has 2 saturated heterocycles. The molecule has 1 aromatic heterocycles. The van der Waals surface area contributed by atoms with Crippen LogP contribution >= 0.6 is 0 Å². The number of carbonyl (C=O) groups is 2. The van der Waals surface area contributed by atoms with Gasteiger partial charge in [-0.3, -0.25) is 9.78 Å². The number of nitrogens with zero attached hydrogens (tertiary/aromatic N) is 3. The lowest BCUT2D eigenvalue weighted by Gasteiger charge is -2.46. The zero-order valence-corrected chi connectivity index (χ0v) is 16.1. The molecule has 2 aliphatic heterocycles. The van der Waals surface area contributed by atoms with Crippen molar-refractivity contribution in [2.24, 2.45) is 5.41 Å². The molecule has 3 heterocycles. The Hall–Kier alpha value is -2.21. The van der Waals surface area contributed by atoms with Crippen molar-refractivity contribution in [3.63, 3.8) is 0 Å². The summed E-state index contributed by atoms with van der Waals surface area (Å²) < 4.78 is 57.7.